The molecule has 0 aliphatic carbocycles. The zero-order valence-corrected chi connectivity index (χ0v) is 11.6. The van der Waals surface area contributed by atoms with Gasteiger partial charge in [0, 0.05) is 11.6 Å². The summed E-state index contributed by atoms with van der Waals surface area (Å²) in [4.78, 5) is 20.4. The number of carboxylic acids is 2. The molecule has 0 aliphatic rings. The van der Waals surface area contributed by atoms with Crippen LogP contribution in [0.1, 0.15) is 15.9 Å². The van der Waals surface area contributed by atoms with E-state index in [1.807, 2.05) is 0 Å². The first-order chi connectivity index (χ1) is 10.5. The van der Waals surface area contributed by atoms with E-state index in [1.165, 1.54) is 6.07 Å². The SMILES string of the molecule is C=CC(=O)O.N#Cc1ccccc1-c1ccccc1C(=O)O. The molecule has 22 heavy (non-hydrogen) atoms. The summed E-state index contributed by atoms with van der Waals surface area (Å²) in [5.41, 5.74) is 1.89. The fraction of sp³-hybridized carbons (Fsp3) is 0. The van der Waals surface area contributed by atoms with E-state index in [0.29, 0.717) is 16.7 Å². The Balaban J connectivity index is 0.000000422. The van der Waals surface area contributed by atoms with Crippen molar-refractivity contribution in [2.24, 2.45) is 0 Å². The first-order valence-electron chi connectivity index (χ1n) is 6.18. The molecule has 0 radical (unpaired) electrons. The first-order valence-corrected chi connectivity index (χ1v) is 6.18. The van der Waals surface area contributed by atoms with E-state index in [-0.39, 0.29) is 5.56 Å². The molecule has 5 heteroatoms. The van der Waals surface area contributed by atoms with Crippen molar-refractivity contribution >= 4 is 11.9 Å². The smallest absolute Gasteiger partial charge is 0.336 e. The minimum Gasteiger partial charge on any atom is -0.478 e. The molecule has 0 fully saturated rings. The van der Waals surface area contributed by atoms with Gasteiger partial charge >= 0.3 is 11.9 Å². The molecule has 0 bridgehead atoms. The van der Waals surface area contributed by atoms with Gasteiger partial charge in [-0.1, -0.05) is 43.0 Å². The molecule has 2 rings (SSSR count). The third-order valence-electron chi connectivity index (χ3n) is 2.67. The van der Waals surface area contributed by atoms with Gasteiger partial charge < -0.3 is 10.2 Å². The van der Waals surface area contributed by atoms with Gasteiger partial charge in [-0.3, -0.25) is 0 Å². The van der Waals surface area contributed by atoms with E-state index < -0.39 is 11.9 Å². The second-order valence-electron chi connectivity index (χ2n) is 4.05. The molecular formula is C17H13NO4. The van der Waals surface area contributed by atoms with Crippen LogP contribution in [0.4, 0.5) is 0 Å². The van der Waals surface area contributed by atoms with Gasteiger partial charge in [-0.15, -0.1) is 0 Å². The number of benzene rings is 2. The summed E-state index contributed by atoms with van der Waals surface area (Å²) >= 11 is 0. The van der Waals surface area contributed by atoms with Crippen molar-refractivity contribution in [3.63, 3.8) is 0 Å². The molecule has 110 valence electrons. The number of hydrogen-bond acceptors (Lipinski definition) is 3. The topological polar surface area (TPSA) is 98.4 Å². The molecule has 0 unspecified atom stereocenters. The lowest BCUT2D eigenvalue weighted by molar-refractivity contribution is -0.131. The minimum atomic E-state index is -0.992. The van der Waals surface area contributed by atoms with Gasteiger partial charge in [0.05, 0.1) is 17.2 Å². The Labute approximate surface area is 127 Å². The maximum atomic E-state index is 11.1. The molecule has 0 aromatic heterocycles. The van der Waals surface area contributed by atoms with E-state index in [2.05, 4.69) is 12.6 Å². The molecule has 0 saturated carbocycles. The number of nitriles is 1. The normalized spacial score (nSPS) is 8.86. The number of rotatable bonds is 3. The molecular weight excluding hydrogens is 282 g/mol. The Bertz CT molecular complexity index is 744. The Morgan fingerprint density at radius 2 is 1.50 bits per heavy atom. The van der Waals surface area contributed by atoms with Gasteiger partial charge in [0.2, 0.25) is 0 Å². The standard InChI is InChI=1S/C14H9NO2.C3H4O2/c15-9-10-5-1-2-6-11(10)12-7-3-4-8-13(12)14(16)17;1-2-3(4)5/h1-8H,(H,16,17);2H,1H2,(H,4,5). The summed E-state index contributed by atoms with van der Waals surface area (Å²) in [6.45, 7) is 2.96. The van der Waals surface area contributed by atoms with E-state index in [0.717, 1.165) is 6.08 Å². The zero-order chi connectivity index (χ0) is 16.5. The molecule has 5 nitrogen and oxygen atoms in total. The number of aliphatic carboxylic acids is 1. The van der Waals surface area contributed by atoms with Crippen LogP contribution < -0.4 is 0 Å². The van der Waals surface area contributed by atoms with E-state index >= 15 is 0 Å². The second-order valence-corrected chi connectivity index (χ2v) is 4.05. The van der Waals surface area contributed by atoms with Crippen LogP contribution in [0.15, 0.2) is 61.2 Å². The molecule has 0 atom stereocenters. The maximum absolute atomic E-state index is 11.1. The molecule has 0 amide bonds. The highest BCUT2D eigenvalue weighted by Gasteiger charge is 2.12. The molecule has 0 spiro atoms. The Morgan fingerprint density at radius 1 is 1.00 bits per heavy atom. The second kappa shape index (κ2) is 8.02. The molecule has 0 heterocycles. The Kier molecular flexibility index (Phi) is 6.08. The highest BCUT2D eigenvalue weighted by atomic mass is 16.4. The summed E-state index contributed by atoms with van der Waals surface area (Å²) in [6, 6.07) is 15.7. The van der Waals surface area contributed by atoms with Crippen LogP contribution >= 0.6 is 0 Å². The van der Waals surface area contributed by atoms with Crippen molar-refractivity contribution in [3.8, 4) is 17.2 Å². The number of nitrogens with zero attached hydrogens (tertiary/aromatic N) is 1. The average molecular weight is 295 g/mol. The number of carbonyl (C=O) groups is 2. The van der Waals surface area contributed by atoms with Crippen LogP contribution in [0.3, 0.4) is 0 Å². The summed E-state index contributed by atoms with van der Waals surface area (Å²) in [7, 11) is 0. The predicted molar refractivity (Wildman–Crippen MR) is 81.4 cm³/mol. The summed E-state index contributed by atoms with van der Waals surface area (Å²) in [6.07, 6.45) is 0.833. The third kappa shape index (κ3) is 4.32. The van der Waals surface area contributed by atoms with Gasteiger partial charge in [-0.05, 0) is 17.7 Å². The monoisotopic (exact) mass is 295 g/mol. The molecule has 0 aliphatic heterocycles. The largest absolute Gasteiger partial charge is 0.478 e. The summed E-state index contributed by atoms with van der Waals surface area (Å²) in [5.74, 6) is -1.97. The molecule has 2 aromatic carbocycles. The van der Waals surface area contributed by atoms with Crippen LogP contribution in [-0.4, -0.2) is 22.2 Å². The van der Waals surface area contributed by atoms with E-state index in [1.54, 1.807) is 42.5 Å². The van der Waals surface area contributed by atoms with Crippen molar-refractivity contribution in [1.82, 2.24) is 0 Å². The van der Waals surface area contributed by atoms with Crippen molar-refractivity contribution < 1.29 is 19.8 Å². The molecule has 2 aromatic rings. The number of aromatic carboxylic acids is 1. The van der Waals surface area contributed by atoms with Crippen LogP contribution in [0, 0.1) is 11.3 Å². The number of hydrogen-bond donors (Lipinski definition) is 2. The van der Waals surface area contributed by atoms with Gasteiger partial charge in [-0.2, -0.15) is 5.26 Å². The fourth-order valence-corrected chi connectivity index (χ4v) is 1.72. The zero-order valence-electron chi connectivity index (χ0n) is 11.6. The molecule has 2 N–H and O–H groups in total. The Hall–Kier alpha value is -3.39. The summed E-state index contributed by atoms with van der Waals surface area (Å²) in [5, 5.41) is 25.7. The van der Waals surface area contributed by atoms with Gasteiger partial charge in [0.25, 0.3) is 0 Å². The Morgan fingerprint density at radius 3 is 2.00 bits per heavy atom. The van der Waals surface area contributed by atoms with Gasteiger partial charge in [0.1, 0.15) is 0 Å². The van der Waals surface area contributed by atoms with Gasteiger partial charge in [-0.25, -0.2) is 9.59 Å². The quantitative estimate of drug-likeness (QED) is 0.847. The summed E-state index contributed by atoms with van der Waals surface area (Å²) < 4.78 is 0. The highest BCUT2D eigenvalue weighted by Crippen LogP contribution is 2.26. The third-order valence-corrected chi connectivity index (χ3v) is 2.67. The van der Waals surface area contributed by atoms with Crippen molar-refractivity contribution in [1.29, 1.82) is 5.26 Å². The lowest BCUT2D eigenvalue weighted by atomic mass is 9.96. The van der Waals surface area contributed by atoms with E-state index in [9.17, 15) is 9.59 Å². The molecule has 0 saturated heterocycles. The predicted octanol–water partition coefficient (Wildman–Crippen LogP) is 3.18. The highest BCUT2D eigenvalue weighted by molar-refractivity contribution is 5.96. The lowest BCUT2D eigenvalue weighted by Crippen LogP contribution is -1.99. The number of carboxylic acid groups (broad SMARTS) is 2. The van der Waals surface area contributed by atoms with Crippen molar-refractivity contribution in [2.45, 2.75) is 0 Å². The van der Waals surface area contributed by atoms with Crippen LogP contribution in [0.5, 0.6) is 0 Å². The van der Waals surface area contributed by atoms with Crippen LogP contribution in [0.25, 0.3) is 11.1 Å². The van der Waals surface area contributed by atoms with Crippen LogP contribution in [-0.2, 0) is 4.79 Å². The van der Waals surface area contributed by atoms with E-state index in [4.69, 9.17) is 15.5 Å². The van der Waals surface area contributed by atoms with Gasteiger partial charge in [0.15, 0.2) is 0 Å². The first kappa shape index (κ1) is 16.7. The fourth-order valence-electron chi connectivity index (χ4n) is 1.72. The minimum absolute atomic E-state index is 0.204. The van der Waals surface area contributed by atoms with Crippen molar-refractivity contribution in [2.75, 3.05) is 0 Å². The average Bonchev–Trinajstić information content (AvgIpc) is 2.55. The lowest BCUT2D eigenvalue weighted by Gasteiger charge is -2.07. The van der Waals surface area contributed by atoms with Crippen LogP contribution in [0.2, 0.25) is 0 Å². The maximum Gasteiger partial charge on any atom is 0.336 e. The van der Waals surface area contributed by atoms with Crippen molar-refractivity contribution in [3.05, 3.63) is 72.3 Å².